The normalized spacial score (nSPS) is 10.7. The summed E-state index contributed by atoms with van der Waals surface area (Å²) in [6.07, 6.45) is 1.67. The van der Waals surface area contributed by atoms with Gasteiger partial charge in [-0.25, -0.2) is 9.98 Å². The Labute approximate surface area is 143 Å². The highest BCUT2D eigenvalue weighted by Crippen LogP contribution is 2.28. The van der Waals surface area contributed by atoms with E-state index in [1.165, 1.54) is 11.3 Å². The molecular formula is C17H16N6S. The lowest BCUT2D eigenvalue weighted by Crippen LogP contribution is -2.21. The number of thiazole rings is 1. The third kappa shape index (κ3) is 4.17. The standard InChI is InChI=1S/C17H16N6S/c18-16(19)23-17-22-15(10-24-17)12-5-4-8-14(9-12)21-11-20-13-6-2-1-3-7-13/h1-11H,(H,20,21)(H4,18,19,22,23). The molecule has 0 atom stereocenters. The fourth-order valence-corrected chi connectivity index (χ4v) is 2.74. The van der Waals surface area contributed by atoms with E-state index in [1.807, 2.05) is 60.0 Å². The second kappa shape index (κ2) is 7.38. The summed E-state index contributed by atoms with van der Waals surface area (Å²) in [6.45, 7) is 0. The van der Waals surface area contributed by atoms with Gasteiger partial charge in [0.25, 0.3) is 0 Å². The molecule has 3 aromatic rings. The molecule has 6 nitrogen and oxygen atoms in total. The number of nitrogens with one attached hydrogen (secondary N) is 1. The molecule has 0 aliphatic heterocycles. The Bertz CT molecular complexity index is 866. The zero-order valence-corrected chi connectivity index (χ0v) is 13.6. The number of nitrogens with zero attached hydrogens (tertiary/aromatic N) is 3. The van der Waals surface area contributed by atoms with Crippen LogP contribution < -0.4 is 16.8 Å². The molecule has 1 aromatic heterocycles. The summed E-state index contributed by atoms with van der Waals surface area (Å²) >= 11 is 1.39. The molecule has 2 aromatic carbocycles. The van der Waals surface area contributed by atoms with Gasteiger partial charge in [-0.1, -0.05) is 30.3 Å². The number of benzene rings is 2. The first-order valence-electron chi connectivity index (χ1n) is 7.20. The van der Waals surface area contributed by atoms with Crippen molar-refractivity contribution in [1.82, 2.24) is 4.98 Å². The average Bonchev–Trinajstić information content (AvgIpc) is 3.04. The van der Waals surface area contributed by atoms with E-state index in [4.69, 9.17) is 11.5 Å². The van der Waals surface area contributed by atoms with Crippen LogP contribution in [0.4, 0.5) is 16.5 Å². The molecule has 0 radical (unpaired) electrons. The topological polar surface area (TPSA) is 102 Å². The van der Waals surface area contributed by atoms with Crippen molar-refractivity contribution in [2.24, 2.45) is 21.5 Å². The van der Waals surface area contributed by atoms with Crippen LogP contribution in [0.25, 0.3) is 11.3 Å². The van der Waals surface area contributed by atoms with Crippen LogP contribution in [0.5, 0.6) is 0 Å². The number of guanidine groups is 1. The summed E-state index contributed by atoms with van der Waals surface area (Å²) in [4.78, 5) is 12.7. The highest BCUT2D eigenvalue weighted by molar-refractivity contribution is 7.13. The quantitative estimate of drug-likeness (QED) is 0.490. The Hall–Kier alpha value is -3.19. The monoisotopic (exact) mass is 336 g/mol. The van der Waals surface area contributed by atoms with Gasteiger partial charge >= 0.3 is 0 Å². The largest absolute Gasteiger partial charge is 0.370 e. The Morgan fingerprint density at radius 3 is 2.71 bits per heavy atom. The van der Waals surface area contributed by atoms with Gasteiger partial charge in [0.15, 0.2) is 5.96 Å². The Morgan fingerprint density at radius 2 is 1.92 bits per heavy atom. The van der Waals surface area contributed by atoms with Gasteiger partial charge in [-0.05, 0) is 24.3 Å². The third-order valence-electron chi connectivity index (χ3n) is 3.08. The van der Waals surface area contributed by atoms with Crippen molar-refractivity contribution in [1.29, 1.82) is 0 Å². The predicted molar refractivity (Wildman–Crippen MR) is 101 cm³/mol. The molecule has 24 heavy (non-hydrogen) atoms. The average molecular weight is 336 g/mol. The van der Waals surface area contributed by atoms with Crippen LogP contribution in [0.3, 0.4) is 0 Å². The summed E-state index contributed by atoms with van der Waals surface area (Å²) in [5.74, 6) is 0.00319. The number of rotatable bonds is 5. The van der Waals surface area contributed by atoms with Gasteiger partial charge in [-0.3, -0.25) is 0 Å². The van der Waals surface area contributed by atoms with E-state index in [1.54, 1.807) is 6.34 Å². The van der Waals surface area contributed by atoms with Gasteiger partial charge in [0.1, 0.15) is 0 Å². The van der Waals surface area contributed by atoms with Crippen molar-refractivity contribution >= 4 is 40.1 Å². The lowest BCUT2D eigenvalue weighted by Gasteiger charge is -2.03. The van der Waals surface area contributed by atoms with Crippen LogP contribution in [0.1, 0.15) is 0 Å². The molecule has 120 valence electrons. The van der Waals surface area contributed by atoms with Crippen molar-refractivity contribution in [2.45, 2.75) is 0 Å². The van der Waals surface area contributed by atoms with Crippen molar-refractivity contribution in [3.8, 4) is 11.3 Å². The summed E-state index contributed by atoms with van der Waals surface area (Å²) in [7, 11) is 0. The van der Waals surface area contributed by atoms with E-state index in [0.29, 0.717) is 5.13 Å². The van der Waals surface area contributed by atoms with Gasteiger partial charge in [-0.15, -0.1) is 11.3 Å². The number of aliphatic imine (C=N–C) groups is 2. The molecule has 7 heteroatoms. The van der Waals surface area contributed by atoms with E-state index < -0.39 is 0 Å². The van der Waals surface area contributed by atoms with Crippen molar-refractivity contribution in [3.63, 3.8) is 0 Å². The minimum Gasteiger partial charge on any atom is -0.370 e. The SMILES string of the molecule is NC(N)=Nc1nc(-c2cccc(NC=Nc3ccccc3)c2)cs1. The van der Waals surface area contributed by atoms with Crippen LogP contribution in [0.2, 0.25) is 0 Å². The summed E-state index contributed by atoms with van der Waals surface area (Å²) in [5.41, 5.74) is 14.3. The van der Waals surface area contributed by atoms with Gasteiger partial charge in [0, 0.05) is 16.6 Å². The molecule has 0 fully saturated rings. The minimum absolute atomic E-state index is 0.00319. The first kappa shape index (κ1) is 15.7. The lowest BCUT2D eigenvalue weighted by atomic mass is 10.1. The van der Waals surface area contributed by atoms with Crippen LogP contribution in [0.15, 0.2) is 70.0 Å². The Balaban J connectivity index is 1.73. The number of nitrogens with two attached hydrogens (primary N) is 2. The second-order valence-electron chi connectivity index (χ2n) is 4.87. The van der Waals surface area contributed by atoms with Crippen LogP contribution in [0, 0.1) is 0 Å². The highest BCUT2D eigenvalue weighted by atomic mass is 32.1. The third-order valence-corrected chi connectivity index (χ3v) is 3.81. The van der Waals surface area contributed by atoms with E-state index >= 15 is 0 Å². The smallest absolute Gasteiger partial charge is 0.212 e. The molecule has 3 rings (SSSR count). The molecule has 1 heterocycles. The molecule has 0 bridgehead atoms. The number of para-hydroxylation sites is 1. The maximum absolute atomic E-state index is 5.37. The fraction of sp³-hybridized carbons (Fsp3) is 0. The maximum Gasteiger partial charge on any atom is 0.212 e. The van der Waals surface area contributed by atoms with Gasteiger partial charge < -0.3 is 16.8 Å². The molecule has 0 aliphatic carbocycles. The number of hydrogen-bond donors (Lipinski definition) is 3. The first-order chi connectivity index (χ1) is 11.7. The lowest BCUT2D eigenvalue weighted by molar-refractivity contribution is 1.33. The van der Waals surface area contributed by atoms with Gasteiger partial charge in [0.05, 0.1) is 17.7 Å². The summed E-state index contributed by atoms with van der Waals surface area (Å²) in [5, 5.41) is 5.61. The number of anilines is 1. The molecule has 0 amide bonds. The van der Waals surface area contributed by atoms with Crippen molar-refractivity contribution in [3.05, 3.63) is 60.0 Å². The predicted octanol–water partition coefficient (Wildman–Crippen LogP) is 3.49. The first-order valence-corrected chi connectivity index (χ1v) is 8.08. The van der Waals surface area contributed by atoms with E-state index in [-0.39, 0.29) is 5.96 Å². The molecule has 0 saturated carbocycles. The van der Waals surface area contributed by atoms with Crippen LogP contribution in [-0.4, -0.2) is 17.3 Å². The van der Waals surface area contributed by atoms with E-state index in [2.05, 4.69) is 20.3 Å². The molecule has 0 aliphatic rings. The molecule has 0 spiro atoms. The molecule has 5 N–H and O–H groups in total. The molecular weight excluding hydrogens is 320 g/mol. The van der Waals surface area contributed by atoms with Crippen LogP contribution >= 0.6 is 11.3 Å². The molecule has 0 unspecified atom stereocenters. The van der Waals surface area contributed by atoms with E-state index in [9.17, 15) is 0 Å². The van der Waals surface area contributed by atoms with Crippen molar-refractivity contribution in [2.75, 3.05) is 5.32 Å². The highest BCUT2D eigenvalue weighted by Gasteiger charge is 2.04. The maximum atomic E-state index is 5.37. The summed E-state index contributed by atoms with van der Waals surface area (Å²) < 4.78 is 0. The number of hydrogen-bond acceptors (Lipinski definition) is 4. The fourth-order valence-electron chi connectivity index (χ4n) is 2.02. The molecule has 0 saturated heterocycles. The van der Waals surface area contributed by atoms with Gasteiger partial charge in [-0.2, -0.15) is 4.99 Å². The van der Waals surface area contributed by atoms with E-state index in [0.717, 1.165) is 22.6 Å². The second-order valence-corrected chi connectivity index (χ2v) is 5.71. The Morgan fingerprint density at radius 1 is 1.08 bits per heavy atom. The van der Waals surface area contributed by atoms with Crippen molar-refractivity contribution < 1.29 is 0 Å². The minimum atomic E-state index is 0.00319. The number of aromatic nitrogens is 1. The van der Waals surface area contributed by atoms with Gasteiger partial charge in [0.2, 0.25) is 5.13 Å². The summed E-state index contributed by atoms with van der Waals surface area (Å²) in [6, 6.07) is 17.6. The zero-order valence-electron chi connectivity index (χ0n) is 12.8. The Kier molecular flexibility index (Phi) is 4.83. The zero-order chi connectivity index (χ0) is 16.8. The van der Waals surface area contributed by atoms with Crippen LogP contribution in [-0.2, 0) is 0 Å².